The van der Waals surface area contributed by atoms with Crippen molar-refractivity contribution in [2.75, 3.05) is 13.2 Å². The monoisotopic (exact) mass is 316 g/mol. The van der Waals surface area contributed by atoms with E-state index in [9.17, 15) is 17.6 Å². The molecule has 1 aromatic carbocycles. The Labute approximate surface area is 122 Å². The molecule has 1 amide bonds. The van der Waals surface area contributed by atoms with Crippen molar-refractivity contribution >= 4 is 15.9 Å². The van der Waals surface area contributed by atoms with Crippen molar-refractivity contribution in [3.8, 4) is 0 Å². The van der Waals surface area contributed by atoms with E-state index in [1.807, 2.05) is 0 Å². The number of carbonyl (C=O) groups is 1. The number of halogens is 1. The van der Waals surface area contributed by atoms with E-state index in [0.717, 1.165) is 12.1 Å². The summed E-state index contributed by atoms with van der Waals surface area (Å²) in [6.45, 7) is 4.61. The minimum atomic E-state index is -4.07. The summed E-state index contributed by atoms with van der Waals surface area (Å²) in [7, 11) is -4.07. The molecule has 0 heterocycles. The first-order chi connectivity index (χ1) is 9.81. The zero-order valence-corrected chi connectivity index (χ0v) is 12.3. The Morgan fingerprint density at radius 3 is 2.76 bits per heavy atom. The molecule has 0 saturated carbocycles. The highest BCUT2D eigenvalue weighted by atomic mass is 32.2. The molecule has 0 spiro atoms. The molecule has 8 heteroatoms. The van der Waals surface area contributed by atoms with Gasteiger partial charge in [-0.05, 0) is 25.1 Å². The third kappa shape index (κ3) is 4.62. The third-order valence-electron chi connectivity index (χ3n) is 2.55. The van der Waals surface area contributed by atoms with E-state index < -0.39 is 32.7 Å². The molecule has 0 bridgehead atoms. The normalized spacial score (nSPS) is 12.7. The molecule has 0 aliphatic heterocycles. The van der Waals surface area contributed by atoms with Crippen LogP contribution in [0.5, 0.6) is 0 Å². The predicted molar refractivity (Wildman–Crippen MR) is 75.8 cm³/mol. The van der Waals surface area contributed by atoms with Crippen LogP contribution in [0.3, 0.4) is 0 Å². The molecule has 1 rings (SSSR count). The van der Waals surface area contributed by atoms with Gasteiger partial charge >= 0.3 is 0 Å². The number of sulfonamides is 1. The van der Waals surface area contributed by atoms with Crippen molar-refractivity contribution in [1.29, 1.82) is 0 Å². The van der Waals surface area contributed by atoms with Gasteiger partial charge in [0.05, 0.1) is 6.61 Å². The molecule has 0 aliphatic carbocycles. The lowest BCUT2D eigenvalue weighted by molar-refractivity contribution is 0.0922. The van der Waals surface area contributed by atoms with Gasteiger partial charge in [0.2, 0.25) is 10.0 Å². The number of carbonyl (C=O) groups excluding carboxylic acids is 1. The number of amides is 1. The Kier molecular flexibility index (Phi) is 6.01. The van der Waals surface area contributed by atoms with Gasteiger partial charge in [-0.3, -0.25) is 4.79 Å². The summed E-state index contributed by atoms with van der Waals surface area (Å²) in [4.78, 5) is 11.2. The van der Waals surface area contributed by atoms with Crippen LogP contribution in [0.25, 0.3) is 0 Å². The minimum absolute atomic E-state index is 0.0179. The molecule has 6 nitrogen and oxygen atoms in total. The quantitative estimate of drug-likeness (QED) is 0.635. The van der Waals surface area contributed by atoms with E-state index in [4.69, 9.17) is 5.11 Å². The summed E-state index contributed by atoms with van der Waals surface area (Å²) >= 11 is 0. The second-order valence-electron chi connectivity index (χ2n) is 4.34. The number of hydrogen-bond acceptors (Lipinski definition) is 4. The summed E-state index contributed by atoms with van der Waals surface area (Å²) in [5, 5.41) is 11.3. The third-order valence-corrected chi connectivity index (χ3v) is 3.99. The fourth-order valence-corrected chi connectivity index (χ4v) is 2.55. The number of aliphatic hydroxyl groups excluding tert-OH is 1. The predicted octanol–water partition coefficient (Wildman–Crippen LogP) is 0.401. The standard InChI is InChI=1S/C13H17FN2O4S/c1-3-6-15-21(19,20)12-7-10(4-5-11(12)14)13(18)16-9(2)8-17/h3-5,7,9,15,17H,1,6,8H2,2H3,(H,16,18). The molecule has 1 atom stereocenters. The van der Waals surface area contributed by atoms with Crippen molar-refractivity contribution in [1.82, 2.24) is 10.0 Å². The van der Waals surface area contributed by atoms with Crippen molar-refractivity contribution in [2.45, 2.75) is 17.9 Å². The Morgan fingerprint density at radius 2 is 2.19 bits per heavy atom. The lowest BCUT2D eigenvalue weighted by atomic mass is 10.2. The highest BCUT2D eigenvalue weighted by Crippen LogP contribution is 2.16. The van der Waals surface area contributed by atoms with E-state index in [1.165, 1.54) is 12.1 Å². The molecule has 0 aliphatic rings. The molecule has 0 radical (unpaired) electrons. The van der Waals surface area contributed by atoms with Crippen molar-refractivity contribution in [2.24, 2.45) is 0 Å². The summed E-state index contributed by atoms with van der Waals surface area (Å²) in [5.74, 6) is -1.56. The van der Waals surface area contributed by atoms with E-state index in [-0.39, 0.29) is 18.7 Å². The molecule has 0 saturated heterocycles. The second kappa shape index (κ2) is 7.30. The summed E-state index contributed by atoms with van der Waals surface area (Å²) in [6, 6.07) is 2.52. The van der Waals surface area contributed by atoms with E-state index in [0.29, 0.717) is 0 Å². The van der Waals surface area contributed by atoms with Crippen LogP contribution in [-0.2, 0) is 10.0 Å². The van der Waals surface area contributed by atoms with Gasteiger partial charge in [-0.25, -0.2) is 17.5 Å². The highest BCUT2D eigenvalue weighted by Gasteiger charge is 2.20. The Hall–Kier alpha value is -1.77. The molecule has 116 valence electrons. The van der Waals surface area contributed by atoms with Crippen LogP contribution in [0.1, 0.15) is 17.3 Å². The van der Waals surface area contributed by atoms with Crippen LogP contribution in [0.15, 0.2) is 35.7 Å². The van der Waals surface area contributed by atoms with Gasteiger partial charge < -0.3 is 10.4 Å². The Bertz CT molecular complexity index is 631. The van der Waals surface area contributed by atoms with Gasteiger partial charge in [0.15, 0.2) is 0 Å². The lowest BCUT2D eigenvalue weighted by Crippen LogP contribution is -2.35. The SMILES string of the molecule is C=CCNS(=O)(=O)c1cc(C(=O)NC(C)CO)ccc1F. The first-order valence-corrected chi connectivity index (χ1v) is 7.62. The van der Waals surface area contributed by atoms with E-state index in [1.54, 1.807) is 6.92 Å². The number of aliphatic hydroxyl groups is 1. The topological polar surface area (TPSA) is 95.5 Å². The maximum atomic E-state index is 13.7. The molecular formula is C13H17FN2O4S. The van der Waals surface area contributed by atoms with Crippen LogP contribution in [0.2, 0.25) is 0 Å². The van der Waals surface area contributed by atoms with Crippen LogP contribution in [-0.4, -0.2) is 38.6 Å². The van der Waals surface area contributed by atoms with Gasteiger partial charge in [-0.2, -0.15) is 0 Å². The van der Waals surface area contributed by atoms with Gasteiger partial charge in [0.1, 0.15) is 10.7 Å². The average molecular weight is 316 g/mol. The second-order valence-corrected chi connectivity index (χ2v) is 6.08. The lowest BCUT2D eigenvalue weighted by Gasteiger charge is -2.12. The molecule has 21 heavy (non-hydrogen) atoms. The number of hydrogen-bond donors (Lipinski definition) is 3. The van der Waals surface area contributed by atoms with Gasteiger partial charge in [0, 0.05) is 18.2 Å². The number of benzene rings is 1. The molecule has 1 unspecified atom stereocenters. The summed E-state index contributed by atoms with van der Waals surface area (Å²) < 4.78 is 39.6. The molecule has 1 aromatic rings. The molecular weight excluding hydrogens is 299 g/mol. The van der Waals surface area contributed by atoms with Crippen LogP contribution in [0, 0.1) is 5.82 Å². The zero-order chi connectivity index (χ0) is 16.0. The van der Waals surface area contributed by atoms with Crippen LogP contribution >= 0.6 is 0 Å². The fourth-order valence-electron chi connectivity index (χ4n) is 1.45. The summed E-state index contributed by atoms with van der Waals surface area (Å²) in [6.07, 6.45) is 1.31. The highest BCUT2D eigenvalue weighted by molar-refractivity contribution is 7.89. The molecule has 0 fully saturated rings. The molecule has 3 N–H and O–H groups in total. The van der Waals surface area contributed by atoms with Crippen LogP contribution in [0.4, 0.5) is 4.39 Å². The smallest absolute Gasteiger partial charge is 0.251 e. The van der Waals surface area contributed by atoms with Crippen molar-refractivity contribution < 1.29 is 22.7 Å². The first kappa shape index (κ1) is 17.3. The number of nitrogens with one attached hydrogen (secondary N) is 2. The minimum Gasteiger partial charge on any atom is -0.394 e. The largest absolute Gasteiger partial charge is 0.394 e. The molecule has 0 aromatic heterocycles. The van der Waals surface area contributed by atoms with E-state index in [2.05, 4.69) is 16.6 Å². The van der Waals surface area contributed by atoms with Gasteiger partial charge in [0.25, 0.3) is 5.91 Å². The maximum Gasteiger partial charge on any atom is 0.251 e. The van der Waals surface area contributed by atoms with E-state index >= 15 is 0 Å². The first-order valence-electron chi connectivity index (χ1n) is 6.13. The summed E-state index contributed by atoms with van der Waals surface area (Å²) in [5.41, 5.74) is -0.0179. The van der Waals surface area contributed by atoms with Gasteiger partial charge in [-0.1, -0.05) is 6.08 Å². The van der Waals surface area contributed by atoms with Crippen molar-refractivity contribution in [3.63, 3.8) is 0 Å². The van der Waals surface area contributed by atoms with Crippen molar-refractivity contribution in [3.05, 3.63) is 42.2 Å². The number of rotatable bonds is 7. The average Bonchev–Trinajstić information content (AvgIpc) is 2.45. The maximum absolute atomic E-state index is 13.7. The van der Waals surface area contributed by atoms with Gasteiger partial charge in [-0.15, -0.1) is 6.58 Å². The fraction of sp³-hybridized carbons (Fsp3) is 0.308. The van der Waals surface area contributed by atoms with Crippen LogP contribution < -0.4 is 10.0 Å². The Balaban J connectivity index is 3.10. The Morgan fingerprint density at radius 1 is 1.52 bits per heavy atom. The zero-order valence-electron chi connectivity index (χ0n) is 11.5.